The van der Waals surface area contributed by atoms with Crippen molar-refractivity contribution >= 4 is 5.91 Å². The highest BCUT2D eigenvalue weighted by atomic mass is 19.1. The lowest BCUT2D eigenvalue weighted by Crippen LogP contribution is -2.53. The summed E-state index contributed by atoms with van der Waals surface area (Å²) in [5, 5.41) is 0. The van der Waals surface area contributed by atoms with Gasteiger partial charge in [-0.25, -0.2) is 9.37 Å². The number of hydrogen-bond acceptors (Lipinski definition) is 2. The smallest absolute Gasteiger partial charge is 0.249 e. The molecule has 0 bridgehead atoms. The lowest BCUT2D eigenvalue weighted by atomic mass is 9.88. The maximum atomic E-state index is 13.0. The lowest BCUT2D eigenvalue weighted by molar-refractivity contribution is -0.145. The second kappa shape index (κ2) is 5.55. The van der Waals surface area contributed by atoms with Gasteiger partial charge in [-0.05, 0) is 30.5 Å². The maximum absolute atomic E-state index is 13.0. The fourth-order valence-electron chi connectivity index (χ4n) is 3.32. The Kier molecular flexibility index (Phi) is 3.72. The summed E-state index contributed by atoms with van der Waals surface area (Å²) in [7, 11) is 0. The van der Waals surface area contributed by atoms with Crippen LogP contribution in [-0.2, 0) is 23.4 Å². The molecule has 116 valence electrons. The van der Waals surface area contributed by atoms with Gasteiger partial charge in [0.25, 0.3) is 0 Å². The minimum Gasteiger partial charge on any atom is -0.330 e. The SMILES string of the molecule is CCC1(CC)C(=O)N(Cc2ccc(F)cc2)Cc2cncn21. The van der Waals surface area contributed by atoms with Crippen molar-refractivity contribution < 1.29 is 9.18 Å². The topological polar surface area (TPSA) is 38.1 Å². The fourth-order valence-corrected chi connectivity index (χ4v) is 3.32. The summed E-state index contributed by atoms with van der Waals surface area (Å²) in [4.78, 5) is 19.1. The van der Waals surface area contributed by atoms with Gasteiger partial charge in [0, 0.05) is 12.7 Å². The molecule has 0 saturated heterocycles. The first-order valence-electron chi connectivity index (χ1n) is 7.66. The van der Waals surface area contributed by atoms with Crippen molar-refractivity contribution in [2.75, 3.05) is 0 Å². The van der Waals surface area contributed by atoms with Crippen molar-refractivity contribution in [2.24, 2.45) is 0 Å². The Morgan fingerprint density at radius 1 is 1.23 bits per heavy atom. The predicted octanol–water partition coefficient (Wildman–Crippen LogP) is 3.08. The van der Waals surface area contributed by atoms with Crippen LogP contribution >= 0.6 is 0 Å². The van der Waals surface area contributed by atoms with E-state index in [4.69, 9.17) is 0 Å². The van der Waals surface area contributed by atoms with Crippen molar-refractivity contribution in [3.63, 3.8) is 0 Å². The minimum atomic E-state index is -0.551. The molecular weight excluding hydrogens is 281 g/mol. The van der Waals surface area contributed by atoms with Gasteiger partial charge < -0.3 is 9.47 Å². The van der Waals surface area contributed by atoms with Crippen LogP contribution in [0.3, 0.4) is 0 Å². The molecule has 0 saturated carbocycles. The van der Waals surface area contributed by atoms with Crippen molar-refractivity contribution in [2.45, 2.75) is 45.3 Å². The standard InChI is InChI=1S/C17H20FN3O/c1-3-17(4-2)16(22)20(11-15-9-19-12-21(15)17)10-13-5-7-14(18)8-6-13/h5-9,12H,3-4,10-11H2,1-2H3. The Morgan fingerprint density at radius 3 is 2.55 bits per heavy atom. The van der Waals surface area contributed by atoms with Crippen LogP contribution in [0.25, 0.3) is 0 Å². The molecule has 2 aromatic rings. The number of halogens is 1. The molecule has 1 aliphatic heterocycles. The zero-order valence-corrected chi connectivity index (χ0v) is 12.9. The summed E-state index contributed by atoms with van der Waals surface area (Å²) < 4.78 is 15.1. The molecule has 1 aliphatic rings. The number of nitrogens with zero attached hydrogens (tertiary/aromatic N) is 3. The molecule has 1 amide bonds. The zero-order chi connectivity index (χ0) is 15.7. The highest BCUT2D eigenvalue weighted by Crippen LogP contribution is 2.34. The van der Waals surface area contributed by atoms with E-state index in [0.717, 1.165) is 24.1 Å². The highest BCUT2D eigenvalue weighted by molar-refractivity contribution is 5.85. The van der Waals surface area contributed by atoms with Gasteiger partial charge in [0.2, 0.25) is 5.91 Å². The summed E-state index contributed by atoms with van der Waals surface area (Å²) in [5.41, 5.74) is 1.43. The molecule has 0 unspecified atom stereocenters. The Morgan fingerprint density at radius 2 is 1.91 bits per heavy atom. The van der Waals surface area contributed by atoms with E-state index in [2.05, 4.69) is 4.98 Å². The van der Waals surface area contributed by atoms with Crippen LogP contribution in [0.2, 0.25) is 0 Å². The highest BCUT2D eigenvalue weighted by Gasteiger charge is 2.44. The molecule has 4 nitrogen and oxygen atoms in total. The summed E-state index contributed by atoms with van der Waals surface area (Å²) in [6.07, 6.45) is 5.04. The van der Waals surface area contributed by atoms with E-state index in [1.54, 1.807) is 18.5 Å². The van der Waals surface area contributed by atoms with Crippen molar-refractivity contribution in [3.8, 4) is 0 Å². The zero-order valence-electron chi connectivity index (χ0n) is 12.9. The molecule has 0 atom stereocenters. The number of benzene rings is 1. The summed E-state index contributed by atoms with van der Waals surface area (Å²) >= 11 is 0. The third-order valence-corrected chi connectivity index (χ3v) is 4.67. The van der Waals surface area contributed by atoms with Crippen LogP contribution in [0.5, 0.6) is 0 Å². The van der Waals surface area contributed by atoms with E-state index >= 15 is 0 Å². The van der Waals surface area contributed by atoms with Crippen molar-refractivity contribution in [1.29, 1.82) is 0 Å². The Balaban J connectivity index is 1.94. The molecule has 3 rings (SSSR count). The normalized spacial score (nSPS) is 16.7. The Bertz CT molecular complexity index is 673. The molecule has 0 radical (unpaired) electrons. The fraction of sp³-hybridized carbons (Fsp3) is 0.412. The second-order valence-electron chi connectivity index (χ2n) is 5.78. The van der Waals surface area contributed by atoms with Gasteiger partial charge in [0.05, 0.1) is 18.6 Å². The second-order valence-corrected chi connectivity index (χ2v) is 5.78. The van der Waals surface area contributed by atoms with E-state index in [0.29, 0.717) is 13.1 Å². The summed E-state index contributed by atoms with van der Waals surface area (Å²) in [6, 6.07) is 6.32. The number of rotatable bonds is 4. The van der Waals surface area contributed by atoms with Crippen LogP contribution < -0.4 is 0 Å². The van der Waals surface area contributed by atoms with Gasteiger partial charge in [0.15, 0.2) is 0 Å². The largest absolute Gasteiger partial charge is 0.330 e. The van der Waals surface area contributed by atoms with Gasteiger partial charge in [0.1, 0.15) is 11.4 Å². The van der Waals surface area contributed by atoms with Crippen LogP contribution in [0.15, 0.2) is 36.8 Å². The first-order chi connectivity index (χ1) is 10.6. The quantitative estimate of drug-likeness (QED) is 0.870. The van der Waals surface area contributed by atoms with Crippen molar-refractivity contribution in [1.82, 2.24) is 14.5 Å². The molecule has 2 heterocycles. The predicted molar refractivity (Wildman–Crippen MR) is 81.4 cm³/mol. The summed E-state index contributed by atoms with van der Waals surface area (Å²) in [5.74, 6) is -0.143. The summed E-state index contributed by atoms with van der Waals surface area (Å²) in [6.45, 7) is 5.10. The number of carbonyl (C=O) groups is 1. The monoisotopic (exact) mass is 301 g/mol. The molecule has 0 fully saturated rings. The Labute approximate surface area is 129 Å². The molecule has 0 aliphatic carbocycles. The maximum Gasteiger partial charge on any atom is 0.249 e. The molecule has 0 spiro atoms. The molecule has 5 heteroatoms. The number of imidazole rings is 1. The first kappa shape index (κ1) is 14.8. The molecular formula is C17H20FN3O. The van der Waals surface area contributed by atoms with Crippen LogP contribution in [0, 0.1) is 5.82 Å². The van der Waals surface area contributed by atoms with Crippen LogP contribution in [0.4, 0.5) is 4.39 Å². The molecule has 22 heavy (non-hydrogen) atoms. The van der Waals surface area contributed by atoms with Gasteiger partial charge in [-0.15, -0.1) is 0 Å². The van der Waals surface area contributed by atoms with E-state index < -0.39 is 5.54 Å². The van der Waals surface area contributed by atoms with Gasteiger partial charge in [-0.3, -0.25) is 4.79 Å². The average Bonchev–Trinajstić information content (AvgIpc) is 3.00. The van der Waals surface area contributed by atoms with Gasteiger partial charge in [-0.1, -0.05) is 26.0 Å². The number of carbonyl (C=O) groups excluding carboxylic acids is 1. The lowest BCUT2D eigenvalue weighted by Gasteiger charge is -2.42. The third-order valence-electron chi connectivity index (χ3n) is 4.67. The molecule has 1 aromatic heterocycles. The van der Waals surface area contributed by atoms with E-state index in [-0.39, 0.29) is 11.7 Å². The van der Waals surface area contributed by atoms with E-state index in [9.17, 15) is 9.18 Å². The third kappa shape index (κ3) is 2.21. The van der Waals surface area contributed by atoms with Crippen LogP contribution in [-0.4, -0.2) is 20.4 Å². The van der Waals surface area contributed by atoms with Crippen LogP contribution in [0.1, 0.15) is 37.9 Å². The van der Waals surface area contributed by atoms with E-state index in [1.165, 1.54) is 12.1 Å². The first-order valence-corrected chi connectivity index (χ1v) is 7.66. The Hall–Kier alpha value is -2.17. The number of fused-ring (bicyclic) bond motifs is 1. The van der Waals surface area contributed by atoms with Gasteiger partial charge >= 0.3 is 0 Å². The average molecular weight is 301 g/mol. The molecule has 0 N–H and O–H groups in total. The van der Waals surface area contributed by atoms with Crippen molar-refractivity contribution in [3.05, 3.63) is 53.9 Å². The number of amides is 1. The van der Waals surface area contributed by atoms with E-state index in [1.807, 2.05) is 29.5 Å². The minimum absolute atomic E-state index is 0.118. The molecule has 1 aromatic carbocycles. The number of hydrogen-bond donors (Lipinski definition) is 0. The number of aromatic nitrogens is 2. The van der Waals surface area contributed by atoms with Gasteiger partial charge in [-0.2, -0.15) is 0 Å².